The number of unbranched alkanes of at least 4 members (excludes halogenated alkanes) is 7. The van der Waals surface area contributed by atoms with E-state index in [9.17, 15) is 0 Å². The minimum absolute atomic E-state index is 0.701. The highest BCUT2D eigenvalue weighted by Gasteiger charge is 2.37. The molecule has 0 heterocycles. The summed E-state index contributed by atoms with van der Waals surface area (Å²) in [5.41, 5.74) is 7.17. The van der Waals surface area contributed by atoms with E-state index in [1.807, 2.05) is 0 Å². The van der Waals surface area contributed by atoms with Gasteiger partial charge in [0.25, 0.3) is 0 Å². The third-order valence-electron chi connectivity index (χ3n) is 4.24. The van der Waals surface area contributed by atoms with Crippen LogP contribution in [-0.2, 0) is 12.7 Å². The maximum atomic E-state index is 6.29. The van der Waals surface area contributed by atoms with Crippen molar-refractivity contribution in [1.29, 1.82) is 0 Å². The molecule has 0 aromatic heterocycles. The SMILES string of the molecule is CCCCCCCCCC[Si](OC)(O[SiH2]C=C(C)C)O[SiH2]C=C(C)C. The lowest BCUT2D eigenvalue weighted by Crippen LogP contribution is -2.46. The molecular weight excluding hydrogens is 360 g/mol. The molecule has 0 saturated heterocycles. The van der Waals surface area contributed by atoms with Crippen LogP contribution in [0.2, 0.25) is 6.04 Å². The van der Waals surface area contributed by atoms with Crippen molar-refractivity contribution in [2.24, 2.45) is 0 Å². The molecule has 0 aliphatic heterocycles. The van der Waals surface area contributed by atoms with Crippen molar-refractivity contribution in [2.45, 2.75) is 92.0 Å². The van der Waals surface area contributed by atoms with Gasteiger partial charge in [-0.05, 0) is 34.1 Å². The number of hydrogen-bond donors (Lipinski definition) is 0. The average molecular weight is 403 g/mol. The van der Waals surface area contributed by atoms with Gasteiger partial charge in [0.15, 0.2) is 19.5 Å². The molecule has 0 atom stereocenters. The van der Waals surface area contributed by atoms with E-state index >= 15 is 0 Å². The van der Waals surface area contributed by atoms with Crippen LogP contribution in [0.3, 0.4) is 0 Å². The quantitative estimate of drug-likeness (QED) is 0.275. The molecule has 0 radical (unpaired) electrons. The van der Waals surface area contributed by atoms with Gasteiger partial charge in [0.2, 0.25) is 0 Å². The largest absolute Gasteiger partial charge is 0.479 e. The molecular formula is C19H42O3Si3. The monoisotopic (exact) mass is 402 g/mol. The third-order valence-corrected chi connectivity index (χ3v) is 12.6. The average Bonchev–Trinajstić information content (AvgIpc) is 2.56. The van der Waals surface area contributed by atoms with Crippen LogP contribution in [0.1, 0.15) is 86.0 Å². The Morgan fingerprint density at radius 3 is 1.60 bits per heavy atom. The van der Waals surface area contributed by atoms with Crippen LogP contribution in [0.15, 0.2) is 22.5 Å². The number of hydrogen-bond acceptors (Lipinski definition) is 3. The molecule has 0 rings (SSSR count). The van der Waals surface area contributed by atoms with Crippen LogP contribution in [0.25, 0.3) is 0 Å². The van der Waals surface area contributed by atoms with E-state index in [4.69, 9.17) is 12.7 Å². The Balaban J connectivity index is 4.34. The first-order valence-corrected chi connectivity index (χ1v) is 14.8. The van der Waals surface area contributed by atoms with Gasteiger partial charge < -0.3 is 12.7 Å². The number of rotatable bonds is 16. The Bertz CT molecular complexity index is 354. The zero-order valence-corrected chi connectivity index (χ0v) is 21.5. The van der Waals surface area contributed by atoms with Gasteiger partial charge in [-0.25, -0.2) is 0 Å². The lowest BCUT2D eigenvalue weighted by molar-refractivity contribution is 0.213. The van der Waals surface area contributed by atoms with E-state index in [1.54, 1.807) is 7.11 Å². The summed E-state index contributed by atoms with van der Waals surface area (Å²) in [6.45, 7) is 10.8. The van der Waals surface area contributed by atoms with Gasteiger partial charge in [0.1, 0.15) is 0 Å². The van der Waals surface area contributed by atoms with Crippen molar-refractivity contribution < 1.29 is 12.7 Å². The molecule has 0 amide bonds. The predicted octanol–water partition coefficient (Wildman–Crippen LogP) is 4.76. The predicted molar refractivity (Wildman–Crippen MR) is 118 cm³/mol. The Morgan fingerprint density at radius 1 is 0.760 bits per heavy atom. The summed E-state index contributed by atoms with van der Waals surface area (Å²) in [5.74, 6) is 0. The van der Waals surface area contributed by atoms with Gasteiger partial charge in [-0.2, -0.15) is 0 Å². The second-order valence-electron chi connectivity index (χ2n) is 7.30. The Hall–Kier alpha value is 0.0106. The van der Waals surface area contributed by atoms with E-state index in [0.29, 0.717) is 0 Å². The van der Waals surface area contributed by atoms with Crippen molar-refractivity contribution in [2.75, 3.05) is 7.11 Å². The van der Waals surface area contributed by atoms with E-state index in [1.165, 1.54) is 62.5 Å². The van der Waals surface area contributed by atoms with Crippen LogP contribution in [0, 0.1) is 0 Å². The van der Waals surface area contributed by atoms with Crippen molar-refractivity contribution >= 4 is 28.3 Å². The highest BCUT2D eigenvalue weighted by molar-refractivity contribution is 6.71. The standard InChI is InChI=1S/C19H42O3Si3/c1-7-8-9-10-11-12-13-14-15-25(20-6,21-23-16-18(2)3)22-24-17-19(4)5/h16-17H,7-15,23-24H2,1-6H3. The fraction of sp³-hybridized carbons (Fsp3) is 0.789. The van der Waals surface area contributed by atoms with E-state index in [2.05, 4.69) is 46.0 Å². The molecule has 25 heavy (non-hydrogen) atoms. The van der Waals surface area contributed by atoms with Gasteiger partial charge in [0, 0.05) is 13.2 Å². The summed E-state index contributed by atoms with van der Waals surface area (Å²) >= 11 is 0. The van der Waals surface area contributed by atoms with Crippen LogP contribution < -0.4 is 0 Å². The normalized spacial score (nSPS) is 14.3. The summed E-state index contributed by atoms with van der Waals surface area (Å²) < 4.78 is 18.5. The molecule has 0 aliphatic rings. The van der Waals surface area contributed by atoms with E-state index < -0.39 is 28.3 Å². The summed E-state index contributed by atoms with van der Waals surface area (Å²) in [7, 11) is -2.07. The molecule has 0 aliphatic carbocycles. The van der Waals surface area contributed by atoms with E-state index in [-0.39, 0.29) is 0 Å². The van der Waals surface area contributed by atoms with Crippen molar-refractivity contribution in [3.8, 4) is 0 Å². The Morgan fingerprint density at radius 2 is 1.20 bits per heavy atom. The molecule has 6 heteroatoms. The first-order valence-electron chi connectivity index (χ1n) is 10.1. The molecule has 0 aromatic carbocycles. The van der Waals surface area contributed by atoms with Crippen LogP contribution in [0.4, 0.5) is 0 Å². The zero-order valence-electron chi connectivity index (χ0n) is 17.7. The molecule has 0 bridgehead atoms. The third kappa shape index (κ3) is 14.8. The molecule has 0 fully saturated rings. The van der Waals surface area contributed by atoms with Crippen molar-refractivity contribution in [1.82, 2.24) is 0 Å². The molecule has 0 saturated carbocycles. The topological polar surface area (TPSA) is 27.7 Å². The highest BCUT2D eigenvalue weighted by Crippen LogP contribution is 2.20. The zero-order chi connectivity index (χ0) is 19.0. The summed E-state index contributed by atoms with van der Waals surface area (Å²) in [5, 5.41) is 0. The molecule has 0 aromatic rings. The second kappa shape index (κ2) is 16.2. The van der Waals surface area contributed by atoms with Crippen molar-refractivity contribution in [3.63, 3.8) is 0 Å². The Kier molecular flexibility index (Phi) is 16.2. The van der Waals surface area contributed by atoms with E-state index in [0.717, 1.165) is 6.04 Å². The second-order valence-corrected chi connectivity index (χ2v) is 13.4. The van der Waals surface area contributed by atoms with Gasteiger partial charge in [-0.3, -0.25) is 0 Å². The minimum atomic E-state index is -2.45. The van der Waals surface area contributed by atoms with Gasteiger partial charge in [-0.15, -0.1) is 0 Å². The molecule has 0 unspecified atom stereocenters. The van der Waals surface area contributed by atoms with Gasteiger partial charge in [-0.1, -0.05) is 74.4 Å². The molecule has 0 spiro atoms. The van der Waals surface area contributed by atoms with Crippen LogP contribution in [-0.4, -0.2) is 35.4 Å². The fourth-order valence-corrected chi connectivity index (χ4v) is 9.98. The summed E-state index contributed by atoms with van der Waals surface area (Å²) in [6.07, 6.45) is 10.6. The van der Waals surface area contributed by atoms with Gasteiger partial charge >= 0.3 is 8.80 Å². The summed E-state index contributed by atoms with van der Waals surface area (Å²) in [6, 6.07) is 0.978. The smallest absolute Gasteiger partial charge is 0.418 e. The first kappa shape index (κ1) is 25.0. The molecule has 0 N–H and O–H groups in total. The maximum absolute atomic E-state index is 6.29. The summed E-state index contributed by atoms with van der Waals surface area (Å²) in [4.78, 5) is 0. The minimum Gasteiger partial charge on any atom is -0.418 e. The van der Waals surface area contributed by atoms with Crippen LogP contribution >= 0.6 is 0 Å². The fourth-order valence-electron chi connectivity index (χ4n) is 2.55. The molecule has 3 nitrogen and oxygen atoms in total. The number of allylic oxidation sites excluding steroid dienone is 2. The lowest BCUT2D eigenvalue weighted by Gasteiger charge is -2.28. The van der Waals surface area contributed by atoms with Gasteiger partial charge in [0.05, 0.1) is 0 Å². The Labute approximate surface area is 162 Å². The first-order chi connectivity index (χ1) is 12.0. The van der Waals surface area contributed by atoms with Crippen molar-refractivity contribution in [3.05, 3.63) is 22.5 Å². The van der Waals surface area contributed by atoms with Crippen LogP contribution in [0.5, 0.6) is 0 Å². The lowest BCUT2D eigenvalue weighted by atomic mass is 10.1. The maximum Gasteiger partial charge on any atom is 0.479 e. The highest BCUT2D eigenvalue weighted by atomic mass is 28.4. The molecule has 148 valence electrons.